The highest BCUT2D eigenvalue weighted by atomic mass is 16.6. The molecule has 0 atom stereocenters. The smallest absolute Gasteiger partial charge is 0.270 e. The van der Waals surface area contributed by atoms with Gasteiger partial charge in [0.2, 0.25) is 0 Å². The quantitative estimate of drug-likeness (QED) is 0.878. The first-order valence-corrected chi connectivity index (χ1v) is 9.21. The van der Waals surface area contributed by atoms with Crippen LogP contribution < -0.4 is 20.1 Å². The maximum atomic E-state index is 12.3. The predicted molar refractivity (Wildman–Crippen MR) is 99.3 cm³/mol. The van der Waals surface area contributed by atoms with Crippen LogP contribution in [-0.4, -0.2) is 30.1 Å². The lowest BCUT2D eigenvalue weighted by atomic mass is 9.95. The molecule has 1 aromatic carbocycles. The van der Waals surface area contributed by atoms with Crippen LogP contribution in [0.4, 0.5) is 11.4 Å². The second kappa shape index (κ2) is 7.64. The maximum absolute atomic E-state index is 12.3. The molecule has 1 aliphatic heterocycles. The molecule has 1 aromatic heterocycles. The van der Waals surface area contributed by atoms with Crippen molar-refractivity contribution in [2.24, 2.45) is 0 Å². The van der Waals surface area contributed by atoms with Gasteiger partial charge in [0.15, 0.2) is 11.5 Å². The molecule has 0 radical (unpaired) electrons. The first kappa shape index (κ1) is 16.7. The normalized spacial score (nSPS) is 16.8. The van der Waals surface area contributed by atoms with E-state index in [2.05, 4.69) is 15.6 Å². The fraction of sp³-hybridized carbons (Fsp3) is 0.400. The summed E-state index contributed by atoms with van der Waals surface area (Å²) in [4.78, 5) is 16.6. The zero-order valence-corrected chi connectivity index (χ0v) is 14.7. The number of hydrogen-bond donors (Lipinski definition) is 2. The average molecular weight is 353 g/mol. The van der Waals surface area contributed by atoms with Gasteiger partial charge >= 0.3 is 0 Å². The van der Waals surface area contributed by atoms with Crippen LogP contribution in [0.25, 0.3) is 0 Å². The van der Waals surface area contributed by atoms with E-state index in [9.17, 15) is 4.79 Å². The second-order valence-corrected chi connectivity index (χ2v) is 6.72. The van der Waals surface area contributed by atoms with Crippen LogP contribution in [0.3, 0.4) is 0 Å². The number of carbonyl (C=O) groups is 1. The molecule has 6 heteroatoms. The molecule has 1 amide bonds. The molecule has 4 rings (SSSR count). The summed E-state index contributed by atoms with van der Waals surface area (Å²) in [5.41, 5.74) is 2.15. The number of pyridine rings is 1. The minimum Gasteiger partial charge on any atom is -0.486 e. The lowest BCUT2D eigenvalue weighted by Crippen LogP contribution is -2.36. The van der Waals surface area contributed by atoms with Crippen LogP contribution in [0.2, 0.25) is 0 Å². The van der Waals surface area contributed by atoms with Crippen LogP contribution in [-0.2, 0) is 0 Å². The molecule has 6 nitrogen and oxygen atoms in total. The van der Waals surface area contributed by atoms with E-state index in [1.54, 1.807) is 12.3 Å². The third-order valence-electron chi connectivity index (χ3n) is 4.77. The summed E-state index contributed by atoms with van der Waals surface area (Å²) in [5, 5.41) is 6.36. The number of hydrogen-bond acceptors (Lipinski definition) is 5. The fourth-order valence-electron chi connectivity index (χ4n) is 3.40. The fourth-order valence-corrected chi connectivity index (χ4v) is 3.40. The molecule has 0 unspecified atom stereocenters. The largest absolute Gasteiger partial charge is 0.486 e. The molecular formula is C20H23N3O3. The number of fused-ring (bicyclic) bond motifs is 1. The molecule has 2 aliphatic rings. The Morgan fingerprint density at radius 3 is 2.50 bits per heavy atom. The van der Waals surface area contributed by atoms with Gasteiger partial charge in [0.25, 0.3) is 5.91 Å². The van der Waals surface area contributed by atoms with Crippen molar-refractivity contribution in [2.45, 2.75) is 38.1 Å². The summed E-state index contributed by atoms with van der Waals surface area (Å²) in [5.74, 6) is 1.40. The summed E-state index contributed by atoms with van der Waals surface area (Å²) in [6.45, 7) is 1.14. The van der Waals surface area contributed by atoms with Crippen molar-refractivity contribution in [1.29, 1.82) is 0 Å². The molecule has 0 bridgehead atoms. The minimum atomic E-state index is -0.0946. The van der Waals surface area contributed by atoms with Crippen LogP contribution in [0.5, 0.6) is 11.5 Å². The number of anilines is 2. The van der Waals surface area contributed by atoms with Gasteiger partial charge in [-0.25, -0.2) is 4.98 Å². The standard InChI is InChI=1S/C20H23N3O3/c24-20(23-14-4-2-1-3-5-14)17-8-6-16(13-21-17)22-15-7-9-18-19(12-15)26-11-10-25-18/h6-9,12-14,22H,1-5,10-11H2,(H,23,24). The van der Waals surface area contributed by atoms with E-state index in [1.165, 1.54) is 19.3 Å². The lowest BCUT2D eigenvalue weighted by molar-refractivity contribution is 0.0922. The van der Waals surface area contributed by atoms with Gasteiger partial charge in [0.05, 0.1) is 11.9 Å². The molecule has 1 aliphatic carbocycles. The molecule has 26 heavy (non-hydrogen) atoms. The van der Waals surface area contributed by atoms with Gasteiger partial charge in [0.1, 0.15) is 18.9 Å². The Bertz CT molecular complexity index is 770. The van der Waals surface area contributed by atoms with Crippen molar-refractivity contribution in [1.82, 2.24) is 10.3 Å². The monoisotopic (exact) mass is 353 g/mol. The van der Waals surface area contributed by atoms with Gasteiger partial charge in [-0.15, -0.1) is 0 Å². The van der Waals surface area contributed by atoms with E-state index in [1.807, 2.05) is 24.3 Å². The number of nitrogens with zero attached hydrogens (tertiary/aromatic N) is 1. The summed E-state index contributed by atoms with van der Waals surface area (Å²) in [6.07, 6.45) is 7.45. The number of rotatable bonds is 4. The summed E-state index contributed by atoms with van der Waals surface area (Å²) in [6, 6.07) is 9.61. The average Bonchev–Trinajstić information content (AvgIpc) is 2.69. The Labute approximate surface area is 152 Å². The lowest BCUT2D eigenvalue weighted by Gasteiger charge is -2.22. The topological polar surface area (TPSA) is 72.5 Å². The van der Waals surface area contributed by atoms with Crippen molar-refractivity contribution in [3.05, 3.63) is 42.2 Å². The first-order chi connectivity index (χ1) is 12.8. The third-order valence-corrected chi connectivity index (χ3v) is 4.77. The molecule has 2 N–H and O–H groups in total. The maximum Gasteiger partial charge on any atom is 0.270 e. The van der Waals surface area contributed by atoms with Crippen molar-refractivity contribution >= 4 is 17.3 Å². The van der Waals surface area contributed by atoms with Crippen LogP contribution in [0, 0.1) is 0 Å². The molecule has 136 valence electrons. The van der Waals surface area contributed by atoms with Gasteiger partial charge in [-0.05, 0) is 37.1 Å². The zero-order valence-electron chi connectivity index (χ0n) is 14.7. The summed E-state index contributed by atoms with van der Waals surface area (Å²) < 4.78 is 11.1. The number of benzene rings is 1. The van der Waals surface area contributed by atoms with Gasteiger partial charge < -0.3 is 20.1 Å². The van der Waals surface area contributed by atoms with E-state index < -0.39 is 0 Å². The Morgan fingerprint density at radius 1 is 0.962 bits per heavy atom. The molecule has 1 fully saturated rings. The third kappa shape index (κ3) is 3.90. The van der Waals surface area contributed by atoms with Crippen molar-refractivity contribution in [3.63, 3.8) is 0 Å². The Morgan fingerprint density at radius 2 is 1.73 bits per heavy atom. The van der Waals surface area contributed by atoms with E-state index in [0.717, 1.165) is 35.7 Å². The zero-order chi connectivity index (χ0) is 17.8. The molecule has 2 aromatic rings. The Kier molecular flexibility index (Phi) is 4.91. The number of aromatic nitrogens is 1. The highest BCUT2D eigenvalue weighted by Gasteiger charge is 2.17. The summed E-state index contributed by atoms with van der Waals surface area (Å²) in [7, 11) is 0. The Balaban J connectivity index is 1.38. The van der Waals surface area contributed by atoms with Crippen molar-refractivity contribution < 1.29 is 14.3 Å². The first-order valence-electron chi connectivity index (χ1n) is 9.21. The number of nitrogens with one attached hydrogen (secondary N) is 2. The predicted octanol–water partition coefficient (Wildman–Crippen LogP) is 3.66. The number of ether oxygens (including phenoxy) is 2. The minimum absolute atomic E-state index is 0.0946. The van der Waals surface area contributed by atoms with E-state index >= 15 is 0 Å². The molecule has 1 saturated carbocycles. The Hall–Kier alpha value is -2.76. The van der Waals surface area contributed by atoms with Gasteiger partial charge in [-0.2, -0.15) is 0 Å². The molecule has 2 heterocycles. The molecule has 0 saturated heterocycles. The second-order valence-electron chi connectivity index (χ2n) is 6.72. The van der Waals surface area contributed by atoms with Crippen LogP contribution in [0.1, 0.15) is 42.6 Å². The van der Waals surface area contributed by atoms with E-state index in [0.29, 0.717) is 18.9 Å². The summed E-state index contributed by atoms with van der Waals surface area (Å²) >= 11 is 0. The van der Waals surface area contributed by atoms with E-state index in [4.69, 9.17) is 9.47 Å². The molecular weight excluding hydrogens is 330 g/mol. The van der Waals surface area contributed by atoms with Crippen LogP contribution >= 0.6 is 0 Å². The van der Waals surface area contributed by atoms with E-state index in [-0.39, 0.29) is 11.9 Å². The number of carbonyl (C=O) groups excluding carboxylic acids is 1. The molecule has 0 spiro atoms. The number of amides is 1. The SMILES string of the molecule is O=C(NC1CCCCC1)c1ccc(Nc2ccc3c(c2)OCCO3)cn1. The van der Waals surface area contributed by atoms with Crippen LogP contribution in [0.15, 0.2) is 36.5 Å². The van der Waals surface area contributed by atoms with Gasteiger partial charge in [-0.3, -0.25) is 4.79 Å². The highest BCUT2D eigenvalue weighted by Crippen LogP contribution is 2.33. The highest BCUT2D eigenvalue weighted by molar-refractivity contribution is 5.92. The van der Waals surface area contributed by atoms with Crippen molar-refractivity contribution in [2.75, 3.05) is 18.5 Å². The van der Waals surface area contributed by atoms with Crippen molar-refractivity contribution in [3.8, 4) is 11.5 Å². The van der Waals surface area contributed by atoms with Gasteiger partial charge in [0, 0.05) is 17.8 Å². The van der Waals surface area contributed by atoms with Gasteiger partial charge in [-0.1, -0.05) is 19.3 Å².